The van der Waals surface area contributed by atoms with Crippen LogP contribution in [0.4, 0.5) is 0 Å². The summed E-state index contributed by atoms with van der Waals surface area (Å²) in [7, 11) is 0. The average Bonchev–Trinajstić information content (AvgIpc) is 1.25. The number of hydrogen-bond donors (Lipinski definition) is 0. The van der Waals surface area contributed by atoms with Gasteiger partial charge >= 0.3 is 0 Å². The van der Waals surface area contributed by atoms with Crippen LogP contribution < -0.4 is 0 Å². The SMILES string of the molecule is [CH2-]C(C)C.[CH2-]C(C)C.[Y].[Y].[Y].[Y].[Y].[Y]. The molecule has 0 aliphatic heterocycles. The molecule has 0 unspecified atom stereocenters. The minimum absolute atomic E-state index is 0. The summed E-state index contributed by atoms with van der Waals surface area (Å²) in [6, 6.07) is 0. The van der Waals surface area contributed by atoms with Gasteiger partial charge in [0.25, 0.3) is 0 Å². The van der Waals surface area contributed by atoms with Crippen LogP contribution in [0.5, 0.6) is 0 Å². The van der Waals surface area contributed by atoms with Crippen molar-refractivity contribution in [2.75, 3.05) is 0 Å². The van der Waals surface area contributed by atoms with Crippen LogP contribution in [-0.2, 0) is 196 Å². The molecule has 14 heavy (non-hydrogen) atoms. The largest absolute Gasteiger partial charge is 0.341 e. The standard InChI is InChI=1S/2C4H9.6Y/c2*1-4(2)3;;;;;;/h2*4H,1H2,2-3H3;;;;;;/q2*-1;;;;;;. The third kappa shape index (κ3) is 132. The van der Waals surface area contributed by atoms with Crippen LogP contribution in [0.3, 0.4) is 0 Å². The molecular weight excluding hydrogens is 630 g/mol. The predicted octanol–water partition coefficient (Wildman–Crippen LogP) is 2.94. The van der Waals surface area contributed by atoms with Crippen LogP contribution in [0, 0.1) is 25.7 Å². The van der Waals surface area contributed by atoms with Gasteiger partial charge in [-0.15, -0.1) is 0 Å². The van der Waals surface area contributed by atoms with Gasteiger partial charge in [0.2, 0.25) is 0 Å². The molecular formula is C8H18Y6-2. The second-order valence-corrected chi connectivity index (χ2v) is 2.79. The maximum absolute atomic E-state index is 3.64. The molecule has 0 aromatic heterocycles. The molecule has 0 rings (SSSR count). The minimum atomic E-state index is 0. The van der Waals surface area contributed by atoms with E-state index in [9.17, 15) is 0 Å². The summed E-state index contributed by atoms with van der Waals surface area (Å²) >= 11 is 0. The number of hydrogen-bond acceptors (Lipinski definition) is 0. The summed E-state index contributed by atoms with van der Waals surface area (Å²) in [5.41, 5.74) is 0. The first kappa shape index (κ1) is 49.8. The first-order valence-electron chi connectivity index (χ1n) is 3.13. The maximum Gasteiger partial charge on any atom is 0 e. The van der Waals surface area contributed by atoms with Gasteiger partial charge in [-0.25, -0.2) is 0 Å². The Balaban J connectivity index is -0.00000000600. The van der Waals surface area contributed by atoms with Crippen molar-refractivity contribution in [3.05, 3.63) is 13.8 Å². The number of rotatable bonds is 0. The molecule has 0 heterocycles. The molecule has 0 amide bonds. The van der Waals surface area contributed by atoms with E-state index in [1.807, 2.05) is 0 Å². The summed E-state index contributed by atoms with van der Waals surface area (Å²) in [5, 5.41) is 0. The summed E-state index contributed by atoms with van der Waals surface area (Å²) in [6.07, 6.45) is 0. The first-order chi connectivity index (χ1) is 3.46. The Morgan fingerprint density at radius 1 is 0.500 bits per heavy atom. The van der Waals surface area contributed by atoms with Crippen LogP contribution >= 0.6 is 0 Å². The van der Waals surface area contributed by atoms with Crippen molar-refractivity contribution in [1.82, 2.24) is 0 Å². The smallest absolute Gasteiger partial charge is 0 e. The van der Waals surface area contributed by atoms with E-state index in [2.05, 4.69) is 41.5 Å². The summed E-state index contributed by atoms with van der Waals surface area (Å²) in [5.74, 6) is 1.17. The predicted molar refractivity (Wildman–Crippen MR) is 40.4 cm³/mol. The van der Waals surface area contributed by atoms with Gasteiger partial charge in [0.05, 0.1) is 0 Å². The normalized spacial score (nSPS) is 5.14. The van der Waals surface area contributed by atoms with E-state index in [1.165, 1.54) is 0 Å². The zero-order valence-corrected chi connectivity index (χ0v) is 27.1. The van der Waals surface area contributed by atoms with Crippen LogP contribution in [0.25, 0.3) is 0 Å². The second-order valence-electron chi connectivity index (χ2n) is 2.79. The van der Waals surface area contributed by atoms with Gasteiger partial charge in [-0.3, -0.25) is 0 Å². The van der Waals surface area contributed by atoms with E-state index >= 15 is 0 Å². The Hall–Kier alpha value is 6.62. The fourth-order valence-corrected chi connectivity index (χ4v) is 0. The van der Waals surface area contributed by atoms with E-state index < -0.39 is 0 Å². The molecule has 0 aromatic rings. The van der Waals surface area contributed by atoms with Crippen LogP contribution in [0.1, 0.15) is 27.7 Å². The van der Waals surface area contributed by atoms with Gasteiger partial charge in [-0.05, 0) is 0 Å². The fraction of sp³-hybridized carbons (Fsp3) is 0.750. The summed E-state index contributed by atoms with van der Waals surface area (Å²) < 4.78 is 0. The monoisotopic (exact) mass is 648 g/mol. The molecule has 0 N–H and O–H groups in total. The van der Waals surface area contributed by atoms with E-state index in [0.717, 1.165) is 0 Å². The third-order valence-corrected chi connectivity index (χ3v) is 0. The first-order valence-corrected chi connectivity index (χ1v) is 3.13. The molecule has 0 fully saturated rings. The average molecular weight is 648 g/mol. The van der Waals surface area contributed by atoms with E-state index in [1.54, 1.807) is 0 Å². The topological polar surface area (TPSA) is 0 Å². The third-order valence-electron chi connectivity index (χ3n) is 0. The van der Waals surface area contributed by atoms with Crippen molar-refractivity contribution in [3.8, 4) is 0 Å². The second kappa shape index (κ2) is 42.7. The fourth-order valence-electron chi connectivity index (χ4n) is 0. The Morgan fingerprint density at radius 3 is 0.500 bits per heavy atom. The van der Waals surface area contributed by atoms with Crippen LogP contribution in [0.15, 0.2) is 0 Å². The molecule has 70 valence electrons. The maximum atomic E-state index is 3.64. The zero-order chi connectivity index (χ0) is 7.15. The van der Waals surface area contributed by atoms with Crippen molar-refractivity contribution < 1.29 is 196 Å². The molecule has 0 spiro atoms. The molecule has 0 atom stereocenters. The Bertz CT molecular complexity index is 29.3. The zero-order valence-electron chi connectivity index (χ0n) is 10.0. The Kier molecular flexibility index (Phi) is 152. The molecule has 6 heteroatoms. The molecule has 6 radical (unpaired) electrons. The van der Waals surface area contributed by atoms with Crippen molar-refractivity contribution in [1.29, 1.82) is 0 Å². The van der Waals surface area contributed by atoms with Gasteiger partial charge in [-0.1, -0.05) is 27.7 Å². The van der Waals surface area contributed by atoms with Crippen LogP contribution in [0.2, 0.25) is 0 Å². The van der Waals surface area contributed by atoms with Gasteiger partial charge in [0.15, 0.2) is 0 Å². The van der Waals surface area contributed by atoms with E-state index in [0.29, 0.717) is 11.8 Å². The quantitative estimate of drug-likeness (QED) is 0.355. The van der Waals surface area contributed by atoms with Crippen molar-refractivity contribution >= 4 is 0 Å². The van der Waals surface area contributed by atoms with Gasteiger partial charge in [-0.2, -0.15) is 11.8 Å². The molecule has 0 aliphatic carbocycles. The van der Waals surface area contributed by atoms with Gasteiger partial charge < -0.3 is 13.8 Å². The molecule has 0 aromatic carbocycles. The molecule has 0 saturated carbocycles. The van der Waals surface area contributed by atoms with E-state index in [4.69, 9.17) is 0 Å². The molecule has 0 nitrogen and oxygen atoms in total. The van der Waals surface area contributed by atoms with Gasteiger partial charge in [0.1, 0.15) is 0 Å². The summed E-state index contributed by atoms with van der Waals surface area (Å²) in [6.45, 7) is 15.5. The van der Waals surface area contributed by atoms with Crippen molar-refractivity contribution in [3.63, 3.8) is 0 Å². The van der Waals surface area contributed by atoms with Crippen molar-refractivity contribution in [2.45, 2.75) is 27.7 Å². The van der Waals surface area contributed by atoms with Crippen LogP contribution in [-0.4, -0.2) is 0 Å². The van der Waals surface area contributed by atoms with Gasteiger partial charge in [0, 0.05) is 196 Å². The summed E-state index contributed by atoms with van der Waals surface area (Å²) in [4.78, 5) is 0. The molecule has 0 saturated heterocycles. The molecule has 0 aliphatic rings. The van der Waals surface area contributed by atoms with Crippen molar-refractivity contribution in [2.24, 2.45) is 11.8 Å². The Labute approximate surface area is 243 Å². The molecule has 0 bridgehead atoms. The minimum Gasteiger partial charge on any atom is -0.341 e. The Morgan fingerprint density at radius 2 is 0.500 bits per heavy atom. The van der Waals surface area contributed by atoms with E-state index in [-0.39, 0.29) is 196 Å².